The van der Waals surface area contributed by atoms with Gasteiger partial charge in [-0.25, -0.2) is 4.79 Å². The lowest BCUT2D eigenvalue weighted by Crippen LogP contribution is -2.35. The van der Waals surface area contributed by atoms with Crippen molar-refractivity contribution in [1.82, 2.24) is 5.32 Å². The van der Waals surface area contributed by atoms with E-state index in [2.05, 4.69) is 5.32 Å². The van der Waals surface area contributed by atoms with Crippen LogP contribution in [0.3, 0.4) is 0 Å². The number of ether oxygens (including phenoxy) is 3. The largest absolute Gasteiger partial charge is 0.454 e. The SMILES string of the molecule is C[C@H](OC(=O)c1cccs1)C(=O)NCc1ccc2c(c1)OCO2. The van der Waals surface area contributed by atoms with E-state index in [4.69, 9.17) is 14.2 Å². The van der Waals surface area contributed by atoms with Gasteiger partial charge in [-0.3, -0.25) is 4.79 Å². The molecule has 0 aliphatic carbocycles. The first kappa shape index (κ1) is 15.4. The minimum atomic E-state index is -0.862. The minimum Gasteiger partial charge on any atom is -0.454 e. The van der Waals surface area contributed by atoms with E-state index in [-0.39, 0.29) is 12.7 Å². The highest BCUT2D eigenvalue weighted by atomic mass is 32.1. The van der Waals surface area contributed by atoms with Gasteiger partial charge in [-0.2, -0.15) is 0 Å². The monoisotopic (exact) mass is 333 g/mol. The van der Waals surface area contributed by atoms with Crippen LogP contribution in [0.15, 0.2) is 35.7 Å². The van der Waals surface area contributed by atoms with Gasteiger partial charge in [0.1, 0.15) is 4.88 Å². The maximum absolute atomic E-state index is 12.0. The number of fused-ring (bicyclic) bond motifs is 1. The van der Waals surface area contributed by atoms with Gasteiger partial charge in [0.05, 0.1) is 0 Å². The van der Waals surface area contributed by atoms with Gasteiger partial charge < -0.3 is 19.5 Å². The summed E-state index contributed by atoms with van der Waals surface area (Å²) in [6.07, 6.45) is -0.862. The van der Waals surface area contributed by atoms with E-state index in [1.807, 2.05) is 12.1 Å². The van der Waals surface area contributed by atoms with Crippen LogP contribution >= 0.6 is 11.3 Å². The molecular weight excluding hydrogens is 318 g/mol. The van der Waals surface area contributed by atoms with Crippen molar-refractivity contribution in [2.45, 2.75) is 19.6 Å². The molecule has 0 unspecified atom stereocenters. The maximum atomic E-state index is 12.0. The number of carbonyl (C=O) groups excluding carboxylic acids is 2. The zero-order valence-electron chi connectivity index (χ0n) is 12.4. The second-order valence-corrected chi connectivity index (χ2v) is 5.88. The average Bonchev–Trinajstić information content (AvgIpc) is 3.22. The van der Waals surface area contributed by atoms with Gasteiger partial charge in [-0.05, 0) is 36.1 Å². The van der Waals surface area contributed by atoms with Gasteiger partial charge in [-0.1, -0.05) is 12.1 Å². The van der Waals surface area contributed by atoms with Crippen molar-refractivity contribution < 1.29 is 23.8 Å². The standard InChI is InChI=1S/C16H15NO5S/c1-10(22-16(19)14-3-2-6-23-14)15(18)17-8-11-4-5-12-13(7-11)21-9-20-12/h2-7,10H,8-9H2,1H3,(H,17,18)/t10-/m0/s1. The fourth-order valence-corrected chi connectivity index (χ4v) is 2.66. The highest BCUT2D eigenvalue weighted by molar-refractivity contribution is 7.11. The minimum absolute atomic E-state index is 0.209. The van der Waals surface area contributed by atoms with Crippen LogP contribution in [0.25, 0.3) is 0 Å². The van der Waals surface area contributed by atoms with Crippen LogP contribution < -0.4 is 14.8 Å². The van der Waals surface area contributed by atoms with E-state index >= 15 is 0 Å². The van der Waals surface area contributed by atoms with E-state index in [0.717, 1.165) is 5.56 Å². The van der Waals surface area contributed by atoms with Crippen LogP contribution in [-0.2, 0) is 16.1 Å². The fraction of sp³-hybridized carbons (Fsp3) is 0.250. The summed E-state index contributed by atoms with van der Waals surface area (Å²) < 4.78 is 15.6. The highest BCUT2D eigenvalue weighted by Gasteiger charge is 2.19. The molecule has 0 fully saturated rings. The topological polar surface area (TPSA) is 73.9 Å². The molecule has 2 heterocycles. The van der Waals surface area contributed by atoms with Gasteiger partial charge in [0.2, 0.25) is 6.79 Å². The molecule has 1 atom stereocenters. The molecule has 0 saturated heterocycles. The molecule has 0 radical (unpaired) electrons. The van der Waals surface area contributed by atoms with Gasteiger partial charge in [0.25, 0.3) is 5.91 Å². The molecule has 1 amide bonds. The zero-order valence-corrected chi connectivity index (χ0v) is 13.2. The zero-order chi connectivity index (χ0) is 16.2. The number of nitrogens with one attached hydrogen (secondary N) is 1. The van der Waals surface area contributed by atoms with Crippen molar-refractivity contribution >= 4 is 23.2 Å². The molecule has 1 aliphatic rings. The summed E-state index contributed by atoms with van der Waals surface area (Å²) in [5.41, 5.74) is 0.874. The Bertz CT molecular complexity index is 713. The number of hydrogen-bond donors (Lipinski definition) is 1. The number of carbonyl (C=O) groups is 2. The molecule has 7 heteroatoms. The van der Waals surface area contributed by atoms with Gasteiger partial charge in [0.15, 0.2) is 17.6 Å². The van der Waals surface area contributed by atoms with E-state index in [1.54, 1.807) is 30.5 Å². The van der Waals surface area contributed by atoms with Crippen LogP contribution in [0.2, 0.25) is 0 Å². The summed E-state index contributed by atoms with van der Waals surface area (Å²) in [6.45, 7) is 2.07. The number of thiophene rings is 1. The van der Waals surface area contributed by atoms with Crippen molar-refractivity contribution in [1.29, 1.82) is 0 Å². The highest BCUT2D eigenvalue weighted by Crippen LogP contribution is 2.32. The lowest BCUT2D eigenvalue weighted by molar-refractivity contribution is -0.129. The molecule has 23 heavy (non-hydrogen) atoms. The Labute approximate surface area is 137 Å². The molecule has 0 bridgehead atoms. The molecule has 2 aromatic rings. The molecule has 3 rings (SSSR count). The summed E-state index contributed by atoms with van der Waals surface area (Å²) in [7, 11) is 0. The van der Waals surface area contributed by atoms with Crippen molar-refractivity contribution in [3.8, 4) is 11.5 Å². The summed E-state index contributed by atoms with van der Waals surface area (Å²) in [6, 6.07) is 8.86. The Morgan fingerprint density at radius 3 is 2.91 bits per heavy atom. The lowest BCUT2D eigenvalue weighted by atomic mass is 10.2. The smallest absolute Gasteiger partial charge is 0.349 e. The van der Waals surface area contributed by atoms with Crippen LogP contribution in [0.1, 0.15) is 22.2 Å². The second-order valence-electron chi connectivity index (χ2n) is 4.93. The fourth-order valence-electron chi connectivity index (χ4n) is 2.05. The first-order chi connectivity index (χ1) is 11.1. The van der Waals surface area contributed by atoms with Crippen molar-refractivity contribution in [2.24, 2.45) is 0 Å². The Hall–Kier alpha value is -2.54. The molecule has 0 spiro atoms. The first-order valence-corrected chi connectivity index (χ1v) is 7.92. The summed E-state index contributed by atoms with van der Waals surface area (Å²) in [5.74, 6) is 0.505. The number of hydrogen-bond acceptors (Lipinski definition) is 6. The summed E-state index contributed by atoms with van der Waals surface area (Å²) in [4.78, 5) is 24.3. The van der Waals surface area contributed by atoms with Gasteiger partial charge >= 0.3 is 5.97 Å². The Morgan fingerprint density at radius 2 is 2.13 bits per heavy atom. The van der Waals surface area contributed by atoms with Crippen molar-refractivity contribution in [2.75, 3.05) is 6.79 Å². The third-order valence-corrected chi connectivity index (χ3v) is 4.13. The Balaban J connectivity index is 1.51. The summed E-state index contributed by atoms with van der Waals surface area (Å²) in [5, 5.41) is 4.51. The third-order valence-electron chi connectivity index (χ3n) is 3.28. The van der Waals surface area contributed by atoms with Crippen molar-refractivity contribution in [3.05, 3.63) is 46.2 Å². The van der Waals surface area contributed by atoms with Crippen LogP contribution in [0.4, 0.5) is 0 Å². The van der Waals surface area contributed by atoms with Crippen molar-refractivity contribution in [3.63, 3.8) is 0 Å². The predicted octanol–water partition coefficient (Wildman–Crippen LogP) is 2.34. The van der Waals surface area contributed by atoms with E-state index < -0.39 is 12.1 Å². The molecular formula is C16H15NO5S. The number of benzene rings is 1. The first-order valence-electron chi connectivity index (χ1n) is 7.04. The number of rotatable bonds is 5. The van der Waals surface area contributed by atoms with Gasteiger partial charge in [-0.15, -0.1) is 11.3 Å². The quantitative estimate of drug-likeness (QED) is 0.850. The van der Waals surface area contributed by atoms with Crippen LogP contribution in [0.5, 0.6) is 11.5 Å². The molecule has 1 aliphatic heterocycles. The third kappa shape index (κ3) is 3.62. The molecule has 120 valence electrons. The normalized spacial score (nSPS) is 13.4. The molecule has 6 nitrogen and oxygen atoms in total. The van der Waals surface area contributed by atoms with Crippen LogP contribution in [0, 0.1) is 0 Å². The van der Waals surface area contributed by atoms with E-state index in [1.165, 1.54) is 11.3 Å². The number of esters is 1. The molecule has 1 aromatic carbocycles. The van der Waals surface area contributed by atoms with Gasteiger partial charge in [0, 0.05) is 6.54 Å². The summed E-state index contributed by atoms with van der Waals surface area (Å²) >= 11 is 1.27. The maximum Gasteiger partial charge on any atom is 0.349 e. The second kappa shape index (κ2) is 6.70. The number of amides is 1. The predicted molar refractivity (Wildman–Crippen MR) is 83.6 cm³/mol. The Morgan fingerprint density at radius 1 is 1.30 bits per heavy atom. The average molecular weight is 333 g/mol. The lowest BCUT2D eigenvalue weighted by Gasteiger charge is -2.13. The molecule has 1 N–H and O–H groups in total. The molecule has 0 saturated carbocycles. The molecule has 1 aromatic heterocycles. The Kier molecular flexibility index (Phi) is 4.47. The van der Waals surface area contributed by atoms with Crippen LogP contribution in [-0.4, -0.2) is 24.8 Å². The van der Waals surface area contributed by atoms with E-state index in [9.17, 15) is 9.59 Å². The van der Waals surface area contributed by atoms with E-state index in [0.29, 0.717) is 22.9 Å².